The number of hydrogen-bond acceptors (Lipinski definition) is 6. The first kappa shape index (κ1) is 20.5. The summed E-state index contributed by atoms with van der Waals surface area (Å²) in [6, 6.07) is 15.4. The largest absolute Gasteiger partial charge is 0.497 e. The van der Waals surface area contributed by atoms with E-state index in [2.05, 4.69) is 27.3 Å². The molecular formula is C23H26N4O2S. The van der Waals surface area contributed by atoms with Crippen LogP contribution in [0.4, 0.5) is 5.13 Å². The fourth-order valence-corrected chi connectivity index (χ4v) is 4.28. The number of carbonyl (C=O) groups is 1. The summed E-state index contributed by atoms with van der Waals surface area (Å²) in [5, 5.41) is 12.4. The molecule has 1 fully saturated rings. The van der Waals surface area contributed by atoms with Gasteiger partial charge in [-0.25, -0.2) is 0 Å². The minimum absolute atomic E-state index is 0.175. The Labute approximate surface area is 180 Å². The molecule has 2 heterocycles. The normalized spacial score (nSPS) is 15.1. The van der Waals surface area contributed by atoms with Crippen LogP contribution in [0.2, 0.25) is 0 Å². The monoisotopic (exact) mass is 422 g/mol. The summed E-state index contributed by atoms with van der Waals surface area (Å²) in [6.07, 6.45) is 2.53. The molecule has 0 bridgehead atoms. The van der Waals surface area contributed by atoms with Crippen molar-refractivity contribution in [3.05, 3.63) is 59.7 Å². The van der Waals surface area contributed by atoms with Crippen molar-refractivity contribution in [2.24, 2.45) is 5.92 Å². The average Bonchev–Trinajstić information content (AvgIpc) is 3.24. The van der Waals surface area contributed by atoms with Crippen LogP contribution in [0.25, 0.3) is 10.6 Å². The maximum Gasteiger partial charge on any atom is 0.257 e. The Balaban J connectivity index is 1.35. The van der Waals surface area contributed by atoms with E-state index in [1.807, 2.05) is 48.5 Å². The van der Waals surface area contributed by atoms with E-state index in [9.17, 15) is 4.79 Å². The Morgan fingerprint density at radius 2 is 1.80 bits per heavy atom. The third-order valence-electron chi connectivity index (χ3n) is 5.48. The predicted octanol–water partition coefficient (Wildman–Crippen LogP) is 4.70. The summed E-state index contributed by atoms with van der Waals surface area (Å²) < 4.78 is 5.17. The molecule has 1 aromatic heterocycles. The van der Waals surface area contributed by atoms with E-state index in [-0.39, 0.29) is 5.91 Å². The molecule has 0 radical (unpaired) electrons. The van der Waals surface area contributed by atoms with Crippen molar-refractivity contribution in [1.82, 2.24) is 15.1 Å². The van der Waals surface area contributed by atoms with Crippen LogP contribution >= 0.6 is 11.3 Å². The molecule has 30 heavy (non-hydrogen) atoms. The second-order valence-electron chi connectivity index (χ2n) is 7.75. The van der Waals surface area contributed by atoms with Crippen LogP contribution in [0.15, 0.2) is 48.5 Å². The quantitative estimate of drug-likeness (QED) is 0.624. The van der Waals surface area contributed by atoms with Crippen LogP contribution < -0.4 is 10.1 Å². The number of nitrogens with one attached hydrogen (secondary N) is 1. The van der Waals surface area contributed by atoms with Gasteiger partial charge in [-0.1, -0.05) is 30.4 Å². The van der Waals surface area contributed by atoms with E-state index in [0.717, 1.165) is 41.9 Å². The number of rotatable bonds is 6. The number of methoxy groups -OCH3 is 1. The van der Waals surface area contributed by atoms with E-state index in [4.69, 9.17) is 4.74 Å². The molecule has 6 nitrogen and oxygen atoms in total. The summed E-state index contributed by atoms with van der Waals surface area (Å²) in [5.74, 6) is 1.44. The standard InChI is InChI=1S/C23H26N4O2S/c1-16-11-13-27(14-12-16)15-17-3-5-18(6-4-17)21(28)24-23-26-25-22(30-23)19-7-9-20(29-2)10-8-19/h3-10,16H,11-15H2,1-2H3,(H,24,26,28). The van der Waals surface area contributed by atoms with Crippen molar-refractivity contribution < 1.29 is 9.53 Å². The van der Waals surface area contributed by atoms with Gasteiger partial charge in [-0.2, -0.15) is 0 Å². The van der Waals surface area contributed by atoms with Gasteiger partial charge in [0, 0.05) is 17.7 Å². The van der Waals surface area contributed by atoms with Crippen molar-refractivity contribution in [3.8, 4) is 16.3 Å². The topological polar surface area (TPSA) is 67.4 Å². The molecule has 2 aromatic carbocycles. The molecule has 7 heteroatoms. The van der Waals surface area contributed by atoms with Crippen LogP contribution in [0.1, 0.15) is 35.7 Å². The first-order chi connectivity index (χ1) is 14.6. The van der Waals surface area contributed by atoms with E-state index >= 15 is 0 Å². The van der Waals surface area contributed by atoms with E-state index < -0.39 is 0 Å². The number of nitrogens with zero attached hydrogens (tertiary/aromatic N) is 3. The molecule has 1 saturated heterocycles. The second kappa shape index (κ2) is 9.36. The molecule has 0 saturated carbocycles. The number of piperidine rings is 1. The number of hydrogen-bond donors (Lipinski definition) is 1. The summed E-state index contributed by atoms with van der Waals surface area (Å²) in [4.78, 5) is 15.1. The van der Waals surface area contributed by atoms with Gasteiger partial charge in [-0.3, -0.25) is 15.0 Å². The third-order valence-corrected chi connectivity index (χ3v) is 6.37. The van der Waals surface area contributed by atoms with Gasteiger partial charge in [-0.05, 0) is 73.8 Å². The zero-order chi connectivity index (χ0) is 20.9. The Morgan fingerprint density at radius 1 is 1.10 bits per heavy atom. The molecule has 1 aliphatic heterocycles. The number of ether oxygens (including phenoxy) is 1. The molecule has 0 atom stereocenters. The van der Waals surface area contributed by atoms with E-state index in [1.54, 1.807) is 7.11 Å². The molecule has 0 unspecified atom stereocenters. The van der Waals surface area contributed by atoms with Crippen molar-refractivity contribution in [2.45, 2.75) is 26.3 Å². The van der Waals surface area contributed by atoms with Crippen molar-refractivity contribution in [1.29, 1.82) is 0 Å². The van der Waals surface area contributed by atoms with Gasteiger partial charge >= 0.3 is 0 Å². The number of aromatic nitrogens is 2. The maximum absolute atomic E-state index is 12.6. The lowest BCUT2D eigenvalue weighted by atomic mass is 9.99. The van der Waals surface area contributed by atoms with E-state index in [1.165, 1.54) is 29.7 Å². The Kier molecular flexibility index (Phi) is 6.40. The number of anilines is 1. The molecule has 1 aliphatic rings. The van der Waals surface area contributed by atoms with Gasteiger partial charge in [0.25, 0.3) is 5.91 Å². The highest BCUT2D eigenvalue weighted by molar-refractivity contribution is 7.18. The SMILES string of the molecule is COc1ccc(-c2nnc(NC(=O)c3ccc(CN4CCC(C)CC4)cc3)s2)cc1. The first-order valence-corrected chi connectivity index (χ1v) is 11.0. The van der Waals surface area contributed by atoms with E-state index in [0.29, 0.717) is 10.7 Å². The molecule has 0 aliphatic carbocycles. The molecule has 156 valence electrons. The van der Waals surface area contributed by atoms with Crippen LogP contribution in [0.5, 0.6) is 5.75 Å². The highest BCUT2D eigenvalue weighted by atomic mass is 32.1. The molecule has 4 rings (SSSR count). The Morgan fingerprint density at radius 3 is 2.47 bits per heavy atom. The molecule has 1 N–H and O–H groups in total. The maximum atomic E-state index is 12.6. The van der Waals surface area contributed by atoms with Crippen LogP contribution in [0.3, 0.4) is 0 Å². The molecule has 3 aromatic rings. The Hall–Kier alpha value is -2.77. The average molecular weight is 423 g/mol. The fourth-order valence-electron chi connectivity index (χ4n) is 3.53. The predicted molar refractivity (Wildman–Crippen MR) is 120 cm³/mol. The summed E-state index contributed by atoms with van der Waals surface area (Å²) in [6.45, 7) is 5.56. The lowest BCUT2D eigenvalue weighted by molar-refractivity contribution is 0.102. The number of benzene rings is 2. The van der Waals surface area contributed by atoms with Crippen LogP contribution in [-0.2, 0) is 6.54 Å². The molecular weight excluding hydrogens is 396 g/mol. The first-order valence-electron chi connectivity index (χ1n) is 10.2. The summed E-state index contributed by atoms with van der Waals surface area (Å²) >= 11 is 1.35. The number of carbonyl (C=O) groups excluding carboxylic acids is 1. The molecule has 1 amide bonds. The van der Waals surface area contributed by atoms with Gasteiger partial charge in [0.05, 0.1) is 7.11 Å². The van der Waals surface area contributed by atoms with Crippen LogP contribution in [0, 0.1) is 5.92 Å². The van der Waals surface area contributed by atoms with Gasteiger partial charge in [0.15, 0.2) is 0 Å². The zero-order valence-corrected chi connectivity index (χ0v) is 18.1. The van der Waals surface area contributed by atoms with Crippen molar-refractivity contribution in [2.75, 3.05) is 25.5 Å². The fraction of sp³-hybridized carbons (Fsp3) is 0.348. The van der Waals surface area contributed by atoms with Crippen LogP contribution in [-0.4, -0.2) is 41.2 Å². The minimum Gasteiger partial charge on any atom is -0.497 e. The Bertz CT molecular complexity index is 977. The smallest absolute Gasteiger partial charge is 0.257 e. The minimum atomic E-state index is -0.175. The van der Waals surface area contributed by atoms with Gasteiger partial charge in [0.1, 0.15) is 10.8 Å². The number of likely N-dealkylation sites (tertiary alicyclic amines) is 1. The zero-order valence-electron chi connectivity index (χ0n) is 17.3. The van der Waals surface area contributed by atoms with Gasteiger partial charge in [-0.15, -0.1) is 10.2 Å². The highest BCUT2D eigenvalue weighted by Gasteiger charge is 2.16. The second-order valence-corrected chi connectivity index (χ2v) is 8.73. The van der Waals surface area contributed by atoms with Gasteiger partial charge in [0.2, 0.25) is 5.13 Å². The van der Waals surface area contributed by atoms with Crippen molar-refractivity contribution >= 4 is 22.4 Å². The lowest BCUT2D eigenvalue weighted by Gasteiger charge is -2.30. The molecule has 0 spiro atoms. The van der Waals surface area contributed by atoms with Gasteiger partial charge < -0.3 is 4.74 Å². The summed E-state index contributed by atoms with van der Waals surface area (Å²) in [5.41, 5.74) is 2.79. The summed E-state index contributed by atoms with van der Waals surface area (Å²) in [7, 11) is 1.63. The lowest BCUT2D eigenvalue weighted by Crippen LogP contribution is -2.32. The highest BCUT2D eigenvalue weighted by Crippen LogP contribution is 2.28. The van der Waals surface area contributed by atoms with Crippen molar-refractivity contribution in [3.63, 3.8) is 0 Å². The number of amides is 1. The third kappa shape index (κ3) is 5.04.